The number of para-hydroxylation sites is 1. The van der Waals surface area contributed by atoms with Crippen molar-refractivity contribution in [2.45, 2.75) is 12.3 Å². The number of carbonyl (C=O) groups excluding carboxylic acids is 1. The van der Waals surface area contributed by atoms with E-state index in [1.54, 1.807) is 7.11 Å². The van der Waals surface area contributed by atoms with Crippen LogP contribution in [0, 0.1) is 0 Å². The first-order valence-electron chi connectivity index (χ1n) is 9.08. The molecule has 1 aromatic heterocycles. The second-order valence-corrected chi connectivity index (χ2v) is 7.48. The number of hydrogen-bond donors (Lipinski definition) is 1. The number of thiazole rings is 1. The molecule has 0 fully saturated rings. The molecule has 28 heavy (non-hydrogen) atoms. The summed E-state index contributed by atoms with van der Waals surface area (Å²) in [4.78, 5) is 17.4. The Kier molecular flexibility index (Phi) is 5.35. The fourth-order valence-corrected chi connectivity index (χ4v) is 4.20. The highest BCUT2D eigenvalue weighted by Crippen LogP contribution is 2.33. The zero-order chi connectivity index (χ0) is 19.3. The van der Waals surface area contributed by atoms with E-state index in [4.69, 9.17) is 4.74 Å². The van der Waals surface area contributed by atoms with Gasteiger partial charge in [0.25, 0.3) is 0 Å². The van der Waals surface area contributed by atoms with Crippen LogP contribution >= 0.6 is 11.3 Å². The van der Waals surface area contributed by atoms with Crippen molar-refractivity contribution in [3.63, 3.8) is 0 Å². The summed E-state index contributed by atoms with van der Waals surface area (Å²) in [6.45, 7) is 0. The van der Waals surface area contributed by atoms with Crippen molar-refractivity contribution >= 4 is 32.6 Å². The van der Waals surface area contributed by atoms with E-state index in [0.717, 1.165) is 21.3 Å². The molecule has 0 saturated heterocycles. The normalized spacial score (nSPS) is 10.9. The molecule has 0 spiro atoms. The van der Waals surface area contributed by atoms with Crippen LogP contribution in [0.1, 0.15) is 23.5 Å². The number of fused-ring (bicyclic) bond motifs is 1. The van der Waals surface area contributed by atoms with E-state index in [1.165, 1.54) is 11.3 Å². The van der Waals surface area contributed by atoms with Crippen molar-refractivity contribution < 1.29 is 9.53 Å². The number of benzene rings is 3. The molecule has 1 N–H and O–H groups in total. The minimum absolute atomic E-state index is 0.00804. The van der Waals surface area contributed by atoms with E-state index in [9.17, 15) is 4.79 Å². The van der Waals surface area contributed by atoms with Gasteiger partial charge in [0.1, 0.15) is 11.3 Å². The highest BCUT2D eigenvalue weighted by Gasteiger charge is 2.19. The maximum atomic E-state index is 12.8. The van der Waals surface area contributed by atoms with Crippen LogP contribution in [0.4, 0.5) is 5.13 Å². The number of carbonyl (C=O) groups is 1. The predicted molar refractivity (Wildman–Crippen MR) is 114 cm³/mol. The molecule has 0 bridgehead atoms. The van der Waals surface area contributed by atoms with E-state index in [1.807, 2.05) is 54.6 Å². The smallest absolute Gasteiger partial charge is 0.227 e. The van der Waals surface area contributed by atoms with Gasteiger partial charge in [0.15, 0.2) is 5.13 Å². The third-order valence-corrected chi connectivity index (χ3v) is 5.58. The van der Waals surface area contributed by atoms with E-state index >= 15 is 0 Å². The maximum absolute atomic E-state index is 12.8. The lowest BCUT2D eigenvalue weighted by Gasteiger charge is -2.17. The monoisotopic (exact) mass is 388 g/mol. The van der Waals surface area contributed by atoms with Crippen LogP contribution in [0.2, 0.25) is 0 Å². The number of anilines is 1. The number of hydrogen-bond acceptors (Lipinski definition) is 4. The molecule has 0 atom stereocenters. The largest absolute Gasteiger partial charge is 0.494 e. The van der Waals surface area contributed by atoms with Crippen LogP contribution in [0.15, 0.2) is 78.9 Å². The lowest BCUT2D eigenvalue weighted by atomic mass is 9.88. The molecule has 0 saturated carbocycles. The van der Waals surface area contributed by atoms with Gasteiger partial charge in [-0.05, 0) is 23.3 Å². The standard InChI is InChI=1S/C23H20N2O2S/c1-27-19-13-8-14-20-22(19)25-23(28-20)24-21(26)15-18(16-9-4-2-5-10-16)17-11-6-3-7-12-17/h2-14,18H,15H2,1H3,(H,24,25,26). The van der Waals surface area contributed by atoms with Crippen molar-refractivity contribution in [1.82, 2.24) is 4.98 Å². The van der Waals surface area contributed by atoms with Crippen LogP contribution in [0.3, 0.4) is 0 Å². The predicted octanol–water partition coefficient (Wildman–Crippen LogP) is 5.47. The van der Waals surface area contributed by atoms with Crippen molar-refractivity contribution in [3.05, 3.63) is 90.0 Å². The second-order valence-electron chi connectivity index (χ2n) is 6.45. The molecule has 0 aliphatic carbocycles. The Morgan fingerprint density at radius 2 is 1.61 bits per heavy atom. The van der Waals surface area contributed by atoms with Crippen LogP contribution < -0.4 is 10.1 Å². The Morgan fingerprint density at radius 3 is 2.21 bits per heavy atom. The molecule has 0 radical (unpaired) electrons. The summed E-state index contributed by atoms with van der Waals surface area (Å²) in [7, 11) is 1.62. The average Bonchev–Trinajstić information content (AvgIpc) is 3.15. The minimum Gasteiger partial charge on any atom is -0.494 e. The summed E-state index contributed by atoms with van der Waals surface area (Å²) < 4.78 is 6.34. The summed E-state index contributed by atoms with van der Waals surface area (Å²) in [5, 5.41) is 3.55. The van der Waals surface area contributed by atoms with Gasteiger partial charge in [-0.2, -0.15) is 0 Å². The minimum atomic E-state index is -0.0595. The summed E-state index contributed by atoms with van der Waals surface area (Å²) in [6, 6.07) is 26.0. The van der Waals surface area contributed by atoms with Gasteiger partial charge < -0.3 is 10.1 Å². The van der Waals surface area contributed by atoms with Crippen molar-refractivity contribution in [2.24, 2.45) is 0 Å². The highest BCUT2D eigenvalue weighted by molar-refractivity contribution is 7.22. The zero-order valence-electron chi connectivity index (χ0n) is 15.5. The lowest BCUT2D eigenvalue weighted by molar-refractivity contribution is -0.116. The lowest BCUT2D eigenvalue weighted by Crippen LogP contribution is -2.16. The zero-order valence-corrected chi connectivity index (χ0v) is 16.3. The second kappa shape index (κ2) is 8.23. The van der Waals surface area contributed by atoms with Gasteiger partial charge in [-0.15, -0.1) is 0 Å². The van der Waals surface area contributed by atoms with Crippen LogP contribution in [-0.2, 0) is 4.79 Å². The van der Waals surface area contributed by atoms with E-state index in [2.05, 4.69) is 34.6 Å². The van der Waals surface area contributed by atoms with Crippen LogP contribution in [0.25, 0.3) is 10.2 Å². The number of amides is 1. The summed E-state index contributed by atoms with van der Waals surface area (Å²) in [6.07, 6.45) is 0.348. The first kappa shape index (κ1) is 18.2. The van der Waals surface area contributed by atoms with Crippen LogP contribution in [0.5, 0.6) is 5.75 Å². The fourth-order valence-electron chi connectivity index (χ4n) is 3.30. The van der Waals surface area contributed by atoms with E-state index in [-0.39, 0.29) is 11.8 Å². The molecule has 0 unspecified atom stereocenters. The SMILES string of the molecule is COc1cccc2sc(NC(=O)CC(c3ccccc3)c3ccccc3)nc12. The Hall–Kier alpha value is -3.18. The number of methoxy groups -OCH3 is 1. The molecule has 1 heterocycles. The molecule has 0 aliphatic heterocycles. The number of aromatic nitrogens is 1. The average molecular weight is 388 g/mol. The molecule has 4 rings (SSSR count). The maximum Gasteiger partial charge on any atom is 0.227 e. The molecule has 5 heteroatoms. The Balaban J connectivity index is 1.57. The van der Waals surface area contributed by atoms with Gasteiger partial charge in [0.05, 0.1) is 11.8 Å². The Morgan fingerprint density at radius 1 is 0.964 bits per heavy atom. The molecule has 140 valence electrons. The molecule has 1 amide bonds. The van der Waals surface area contributed by atoms with Gasteiger partial charge in [0.2, 0.25) is 5.91 Å². The molecule has 3 aromatic carbocycles. The van der Waals surface area contributed by atoms with Crippen molar-refractivity contribution in [3.8, 4) is 5.75 Å². The molecule has 4 aromatic rings. The number of ether oxygens (including phenoxy) is 1. The summed E-state index contributed by atoms with van der Waals surface area (Å²) >= 11 is 1.45. The van der Waals surface area contributed by atoms with Gasteiger partial charge in [-0.1, -0.05) is 78.1 Å². The van der Waals surface area contributed by atoms with Gasteiger partial charge >= 0.3 is 0 Å². The number of nitrogens with one attached hydrogen (secondary N) is 1. The summed E-state index contributed by atoms with van der Waals surface area (Å²) in [5.41, 5.74) is 3.01. The quantitative estimate of drug-likeness (QED) is 0.477. The molecule has 4 nitrogen and oxygen atoms in total. The highest BCUT2D eigenvalue weighted by atomic mass is 32.1. The molecule has 0 aliphatic rings. The van der Waals surface area contributed by atoms with Crippen LogP contribution in [-0.4, -0.2) is 18.0 Å². The summed E-state index contributed by atoms with van der Waals surface area (Å²) in [5.74, 6) is 0.641. The molecular formula is C23H20N2O2S. The molecular weight excluding hydrogens is 368 g/mol. The van der Waals surface area contributed by atoms with E-state index in [0.29, 0.717) is 17.3 Å². The van der Waals surface area contributed by atoms with Crippen molar-refractivity contribution in [2.75, 3.05) is 12.4 Å². The Labute approximate surface area is 167 Å². The number of nitrogens with zero attached hydrogens (tertiary/aromatic N) is 1. The van der Waals surface area contributed by atoms with E-state index < -0.39 is 0 Å². The Bertz CT molecular complexity index is 1040. The van der Waals surface area contributed by atoms with Crippen molar-refractivity contribution in [1.29, 1.82) is 0 Å². The van der Waals surface area contributed by atoms with Gasteiger partial charge in [-0.25, -0.2) is 4.98 Å². The number of rotatable bonds is 6. The first-order chi connectivity index (χ1) is 13.7. The third-order valence-electron chi connectivity index (χ3n) is 4.64. The fraction of sp³-hybridized carbons (Fsp3) is 0.130. The van der Waals surface area contributed by atoms with Gasteiger partial charge in [-0.3, -0.25) is 4.79 Å². The first-order valence-corrected chi connectivity index (χ1v) is 9.89. The topological polar surface area (TPSA) is 51.2 Å². The third kappa shape index (κ3) is 3.89. The van der Waals surface area contributed by atoms with Gasteiger partial charge in [0, 0.05) is 12.3 Å².